The maximum Gasteiger partial charge on any atom is 0.253 e. The molecule has 0 aliphatic carbocycles. The second-order valence-electron chi connectivity index (χ2n) is 6.82. The molecule has 0 radical (unpaired) electrons. The quantitative estimate of drug-likeness (QED) is 0.499. The first-order chi connectivity index (χ1) is 13.0. The molecule has 0 bridgehead atoms. The number of nitrogens with zero attached hydrogens (tertiary/aromatic N) is 3. The summed E-state index contributed by atoms with van der Waals surface area (Å²) < 4.78 is 0. The molecule has 0 spiro atoms. The van der Waals surface area contributed by atoms with Crippen LogP contribution >= 0.6 is 0 Å². The van der Waals surface area contributed by atoms with E-state index < -0.39 is 0 Å². The van der Waals surface area contributed by atoms with E-state index in [0.717, 1.165) is 23.2 Å². The summed E-state index contributed by atoms with van der Waals surface area (Å²) >= 11 is 0. The SMILES string of the molecule is C=NC(=N[C@@H]1CCN(C(=O)c2ccc(N)c(C)c2)C1)Nc1ccccc1C. The van der Waals surface area contributed by atoms with E-state index in [4.69, 9.17) is 5.73 Å². The minimum absolute atomic E-state index is 0.000784. The van der Waals surface area contributed by atoms with Gasteiger partial charge in [0.05, 0.1) is 6.04 Å². The highest BCUT2D eigenvalue weighted by Gasteiger charge is 2.27. The number of nitrogen functional groups attached to an aromatic ring is 1. The topological polar surface area (TPSA) is 83.1 Å². The zero-order valence-electron chi connectivity index (χ0n) is 15.8. The molecular formula is C21H25N5O. The first-order valence-corrected chi connectivity index (χ1v) is 9.00. The van der Waals surface area contributed by atoms with Gasteiger partial charge in [-0.15, -0.1) is 0 Å². The van der Waals surface area contributed by atoms with Crippen molar-refractivity contribution in [2.24, 2.45) is 9.98 Å². The predicted molar refractivity (Wildman–Crippen MR) is 112 cm³/mol. The molecule has 1 aliphatic rings. The van der Waals surface area contributed by atoms with Crippen LogP contribution in [0.5, 0.6) is 0 Å². The summed E-state index contributed by atoms with van der Waals surface area (Å²) in [6.45, 7) is 8.78. The van der Waals surface area contributed by atoms with Gasteiger partial charge in [0.25, 0.3) is 5.91 Å². The molecular weight excluding hydrogens is 338 g/mol. The number of hydrogen-bond acceptors (Lipinski definition) is 3. The summed E-state index contributed by atoms with van der Waals surface area (Å²) in [7, 11) is 0. The number of rotatable bonds is 3. The molecule has 2 aromatic carbocycles. The Morgan fingerprint density at radius 1 is 1.22 bits per heavy atom. The van der Waals surface area contributed by atoms with Gasteiger partial charge in [-0.2, -0.15) is 0 Å². The van der Waals surface area contributed by atoms with E-state index in [1.807, 2.05) is 49.1 Å². The van der Waals surface area contributed by atoms with Gasteiger partial charge in [-0.25, -0.2) is 9.98 Å². The predicted octanol–water partition coefficient (Wildman–Crippen LogP) is 3.27. The van der Waals surface area contributed by atoms with Gasteiger partial charge in [0.1, 0.15) is 0 Å². The van der Waals surface area contributed by atoms with Crippen LogP contribution in [0.25, 0.3) is 0 Å². The normalized spacial score (nSPS) is 17.0. The fraction of sp³-hybridized carbons (Fsp3) is 0.286. The zero-order chi connectivity index (χ0) is 19.4. The zero-order valence-corrected chi connectivity index (χ0v) is 15.8. The summed E-state index contributed by atoms with van der Waals surface area (Å²) in [4.78, 5) is 23.2. The average molecular weight is 363 g/mol. The number of aliphatic imine (C=N–C) groups is 2. The summed E-state index contributed by atoms with van der Waals surface area (Å²) in [5.41, 5.74) is 10.2. The highest BCUT2D eigenvalue weighted by atomic mass is 16.2. The van der Waals surface area contributed by atoms with E-state index in [2.05, 4.69) is 22.0 Å². The third-order valence-electron chi connectivity index (χ3n) is 4.81. The molecule has 140 valence electrons. The van der Waals surface area contributed by atoms with Crippen LogP contribution in [-0.4, -0.2) is 42.6 Å². The number of nitrogens with one attached hydrogen (secondary N) is 1. The third-order valence-corrected chi connectivity index (χ3v) is 4.81. The monoisotopic (exact) mass is 363 g/mol. The molecule has 3 N–H and O–H groups in total. The Hall–Kier alpha value is -3.15. The molecule has 1 amide bonds. The lowest BCUT2D eigenvalue weighted by Crippen LogP contribution is -2.29. The Labute approximate surface area is 159 Å². The number of carbonyl (C=O) groups is 1. The second-order valence-corrected chi connectivity index (χ2v) is 6.82. The number of benzene rings is 2. The van der Waals surface area contributed by atoms with Gasteiger partial charge in [0.15, 0.2) is 0 Å². The maximum atomic E-state index is 12.7. The number of guanidine groups is 1. The van der Waals surface area contributed by atoms with Crippen molar-refractivity contribution in [1.29, 1.82) is 0 Å². The van der Waals surface area contributed by atoms with Gasteiger partial charge in [-0.1, -0.05) is 18.2 Å². The van der Waals surface area contributed by atoms with Crippen molar-refractivity contribution in [1.82, 2.24) is 4.90 Å². The van der Waals surface area contributed by atoms with Crippen molar-refractivity contribution in [3.63, 3.8) is 0 Å². The number of carbonyl (C=O) groups excluding carboxylic acids is 1. The van der Waals surface area contributed by atoms with E-state index in [9.17, 15) is 4.79 Å². The van der Waals surface area contributed by atoms with Crippen molar-refractivity contribution < 1.29 is 4.79 Å². The number of nitrogens with two attached hydrogens (primary N) is 1. The van der Waals surface area contributed by atoms with E-state index >= 15 is 0 Å². The van der Waals surface area contributed by atoms with Crippen LogP contribution in [0.1, 0.15) is 27.9 Å². The van der Waals surface area contributed by atoms with Crippen molar-refractivity contribution >= 4 is 30.0 Å². The Bertz CT molecular complexity index is 890. The molecule has 1 saturated heterocycles. The first kappa shape index (κ1) is 18.6. The number of likely N-dealkylation sites (tertiary alicyclic amines) is 1. The van der Waals surface area contributed by atoms with Gasteiger partial charge in [-0.05, 0) is 62.4 Å². The molecule has 6 heteroatoms. The number of amides is 1. The minimum atomic E-state index is 0.000784. The van der Waals surface area contributed by atoms with E-state index in [0.29, 0.717) is 30.3 Å². The molecule has 2 aromatic rings. The number of para-hydroxylation sites is 1. The Balaban J connectivity index is 1.68. The molecule has 0 saturated carbocycles. The lowest BCUT2D eigenvalue weighted by molar-refractivity contribution is 0.0791. The fourth-order valence-electron chi connectivity index (χ4n) is 3.14. The van der Waals surface area contributed by atoms with Gasteiger partial charge in [0.2, 0.25) is 5.96 Å². The molecule has 1 aliphatic heterocycles. The molecule has 0 unspecified atom stereocenters. The van der Waals surface area contributed by atoms with Gasteiger partial charge < -0.3 is 16.0 Å². The summed E-state index contributed by atoms with van der Waals surface area (Å²) in [5.74, 6) is 0.489. The maximum absolute atomic E-state index is 12.7. The van der Waals surface area contributed by atoms with E-state index in [1.54, 1.807) is 12.1 Å². The highest BCUT2D eigenvalue weighted by Crippen LogP contribution is 2.20. The van der Waals surface area contributed by atoms with E-state index in [-0.39, 0.29) is 11.9 Å². The minimum Gasteiger partial charge on any atom is -0.399 e. The molecule has 27 heavy (non-hydrogen) atoms. The molecule has 1 atom stereocenters. The van der Waals surface area contributed by atoms with Crippen LogP contribution in [0.15, 0.2) is 52.4 Å². The molecule has 3 rings (SSSR count). The summed E-state index contributed by atoms with van der Waals surface area (Å²) in [5, 5.41) is 3.22. The molecule has 6 nitrogen and oxygen atoms in total. The Kier molecular flexibility index (Phi) is 5.54. The summed E-state index contributed by atoms with van der Waals surface area (Å²) in [6.07, 6.45) is 0.800. The smallest absolute Gasteiger partial charge is 0.253 e. The van der Waals surface area contributed by atoms with Gasteiger partial charge >= 0.3 is 0 Å². The standard InChI is InChI=1S/C21H25N5O/c1-14-6-4-5-7-19(14)25-21(23-3)24-17-10-11-26(13-17)20(27)16-8-9-18(22)15(2)12-16/h4-9,12,17H,3,10-11,13,22H2,1-2H3,(H,24,25)/t17-/m1/s1. The second kappa shape index (κ2) is 8.03. The van der Waals surface area contributed by atoms with Crippen molar-refractivity contribution in [3.8, 4) is 0 Å². The summed E-state index contributed by atoms with van der Waals surface area (Å²) in [6, 6.07) is 13.3. The third kappa shape index (κ3) is 4.34. The van der Waals surface area contributed by atoms with Crippen LogP contribution in [0.4, 0.5) is 11.4 Å². The Morgan fingerprint density at radius 2 is 2.00 bits per heavy atom. The van der Waals surface area contributed by atoms with Crippen LogP contribution < -0.4 is 11.1 Å². The van der Waals surface area contributed by atoms with Gasteiger partial charge in [0, 0.05) is 30.0 Å². The number of anilines is 2. The van der Waals surface area contributed by atoms with Crippen molar-refractivity contribution in [2.45, 2.75) is 26.3 Å². The molecule has 0 aromatic heterocycles. The first-order valence-electron chi connectivity index (χ1n) is 9.00. The van der Waals surface area contributed by atoms with Crippen LogP contribution in [0.2, 0.25) is 0 Å². The van der Waals surface area contributed by atoms with Crippen LogP contribution in [0, 0.1) is 13.8 Å². The lowest BCUT2D eigenvalue weighted by atomic mass is 10.1. The van der Waals surface area contributed by atoms with Crippen molar-refractivity contribution in [3.05, 3.63) is 59.2 Å². The lowest BCUT2D eigenvalue weighted by Gasteiger charge is -2.16. The van der Waals surface area contributed by atoms with E-state index in [1.165, 1.54) is 0 Å². The van der Waals surface area contributed by atoms with Crippen molar-refractivity contribution in [2.75, 3.05) is 24.1 Å². The molecule has 1 heterocycles. The largest absolute Gasteiger partial charge is 0.399 e. The molecule has 1 fully saturated rings. The number of hydrogen-bond donors (Lipinski definition) is 2. The van der Waals surface area contributed by atoms with Crippen LogP contribution in [-0.2, 0) is 0 Å². The van der Waals surface area contributed by atoms with Gasteiger partial charge in [-0.3, -0.25) is 4.79 Å². The van der Waals surface area contributed by atoms with Crippen LogP contribution in [0.3, 0.4) is 0 Å². The highest BCUT2D eigenvalue weighted by molar-refractivity contribution is 5.97. The Morgan fingerprint density at radius 3 is 2.70 bits per heavy atom. The average Bonchev–Trinajstić information content (AvgIpc) is 3.13. The fourth-order valence-corrected chi connectivity index (χ4v) is 3.14. The number of aryl methyl sites for hydroxylation is 2.